The number of likely N-dealkylation sites (tertiary alicyclic amines) is 1. The molecule has 1 aliphatic carbocycles. The molecule has 0 aromatic rings. The molecule has 1 saturated carbocycles. The van der Waals surface area contributed by atoms with Gasteiger partial charge in [-0.3, -0.25) is 4.79 Å². The number of piperidine rings is 1. The summed E-state index contributed by atoms with van der Waals surface area (Å²) >= 11 is 0. The van der Waals surface area contributed by atoms with Crippen LogP contribution in [0.4, 0.5) is 0 Å². The van der Waals surface area contributed by atoms with Crippen LogP contribution in [0.15, 0.2) is 0 Å². The second-order valence-electron chi connectivity index (χ2n) is 4.94. The van der Waals surface area contributed by atoms with Crippen LogP contribution in [0.25, 0.3) is 0 Å². The second-order valence-corrected chi connectivity index (χ2v) is 4.94. The summed E-state index contributed by atoms with van der Waals surface area (Å²) in [5.74, 6) is 0.739. The van der Waals surface area contributed by atoms with Gasteiger partial charge in [-0.25, -0.2) is 0 Å². The molecule has 3 nitrogen and oxygen atoms in total. The minimum atomic E-state index is 0.368. The minimum absolute atomic E-state index is 0.368. The lowest BCUT2D eigenvalue weighted by atomic mass is 10.1. The molecule has 1 aliphatic heterocycles. The van der Waals surface area contributed by atoms with Crippen LogP contribution in [0.3, 0.4) is 0 Å². The topological polar surface area (TPSA) is 23.6 Å². The van der Waals surface area contributed by atoms with Gasteiger partial charge in [0.05, 0.1) is 0 Å². The van der Waals surface area contributed by atoms with Gasteiger partial charge in [0, 0.05) is 26.1 Å². The zero-order chi connectivity index (χ0) is 10.7. The van der Waals surface area contributed by atoms with Crippen molar-refractivity contribution in [3.8, 4) is 0 Å². The number of likely N-dealkylation sites (N-methyl/N-ethyl adjacent to an activating group) is 1. The molecule has 2 aliphatic rings. The number of nitrogens with zero attached hydrogens (tertiary/aromatic N) is 2. The Bertz CT molecular complexity index is 220. The van der Waals surface area contributed by atoms with Crippen LogP contribution in [0.5, 0.6) is 0 Å². The Morgan fingerprint density at radius 1 is 1.27 bits per heavy atom. The molecular weight excluding hydrogens is 188 g/mol. The lowest BCUT2D eigenvalue weighted by Gasteiger charge is -2.28. The van der Waals surface area contributed by atoms with Crippen molar-refractivity contribution >= 4 is 5.91 Å². The maximum absolute atomic E-state index is 11.7. The fraction of sp³-hybridized carbons (Fsp3) is 0.917. The standard InChI is InChI=1S/C12H22N2O/c1-13(12(15)11-5-6-11)9-10-14-7-3-2-4-8-14/h11H,2-10H2,1H3. The molecule has 2 rings (SSSR count). The van der Waals surface area contributed by atoms with Crippen molar-refractivity contribution in [3.05, 3.63) is 0 Å². The first-order chi connectivity index (χ1) is 7.27. The molecule has 0 aromatic carbocycles. The van der Waals surface area contributed by atoms with E-state index >= 15 is 0 Å². The van der Waals surface area contributed by atoms with Gasteiger partial charge in [-0.1, -0.05) is 6.42 Å². The van der Waals surface area contributed by atoms with Crippen molar-refractivity contribution in [2.24, 2.45) is 5.92 Å². The number of rotatable bonds is 4. The maximum Gasteiger partial charge on any atom is 0.225 e. The van der Waals surface area contributed by atoms with E-state index < -0.39 is 0 Å². The van der Waals surface area contributed by atoms with Gasteiger partial charge in [-0.2, -0.15) is 0 Å². The molecule has 0 radical (unpaired) electrons. The van der Waals surface area contributed by atoms with Crippen LogP contribution in [0.1, 0.15) is 32.1 Å². The van der Waals surface area contributed by atoms with Gasteiger partial charge in [-0.05, 0) is 38.8 Å². The lowest BCUT2D eigenvalue weighted by Crippen LogP contribution is -2.39. The van der Waals surface area contributed by atoms with Gasteiger partial charge in [0.2, 0.25) is 5.91 Å². The summed E-state index contributed by atoms with van der Waals surface area (Å²) < 4.78 is 0. The molecule has 15 heavy (non-hydrogen) atoms. The third-order valence-corrected chi connectivity index (χ3v) is 3.50. The fourth-order valence-electron chi connectivity index (χ4n) is 2.23. The maximum atomic E-state index is 11.7. The second kappa shape index (κ2) is 4.97. The number of carbonyl (C=O) groups excluding carboxylic acids is 1. The van der Waals surface area contributed by atoms with E-state index in [4.69, 9.17) is 0 Å². The van der Waals surface area contributed by atoms with Crippen LogP contribution >= 0.6 is 0 Å². The lowest BCUT2D eigenvalue weighted by molar-refractivity contribution is -0.131. The van der Waals surface area contributed by atoms with Gasteiger partial charge in [0.25, 0.3) is 0 Å². The van der Waals surface area contributed by atoms with Gasteiger partial charge in [0.1, 0.15) is 0 Å². The van der Waals surface area contributed by atoms with Crippen LogP contribution in [-0.2, 0) is 4.79 Å². The molecule has 86 valence electrons. The van der Waals surface area contributed by atoms with E-state index in [1.54, 1.807) is 0 Å². The summed E-state index contributed by atoms with van der Waals surface area (Å²) in [6.45, 7) is 4.43. The van der Waals surface area contributed by atoms with E-state index in [0.717, 1.165) is 25.9 Å². The van der Waals surface area contributed by atoms with Crippen LogP contribution in [0.2, 0.25) is 0 Å². The highest BCUT2D eigenvalue weighted by atomic mass is 16.2. The highest BCUT2D eigenvalue weighted by Crippen LogP contribution is 2.30. The first kappa shape index (κ1) is 10.9. The van der Waals surface area contributed by atoms with Crippen LogP contribution in [0, 0.1) is 5.92 Å². The average molecular weight is 210 g/mol. The van der Waals surface area contributed by atoms with E-state index in [0.29, 0.717) is 11.8 Å². The Morgan fingerprint density at radius 3 is 2.53 bits per heavy atom. The van der Waals surface area contributed by atoms with Crippen molar-refractivity contribution in [1.82, 2.24) is 9.80 Å². The van der Waals surface area contributed by atoms with Gasteiger partial charge < -0.3 is 9.80 Å². The Kier molecular flexibility index (Phi) is 3.62. The summed E-state index contributed by atoms with van der Waals surface area (Å²) in [5.41, 5.74) is 0. The van der Waals surface area contributed by atoms with Crippen molar-refractivity contribution < 1.29 is 4.79 Å². The highest BCUT2D eigenvalue weighted by Gasteiger charge is 2.31. The van der Waals surface area contributed by atoms with Crippen LogP contribution < -0.4 is 0 Å². The summed E-state index contributed by atoms with van der Waals surface area (Å²) in [7, 11) is 1.95. The summed E-state index contributed by atoms with van der Waals surface area (Å²) in [6, 6.07) is 0. The number of hydrogen-bond acceptors (Lipinski definition) is 2. The van der Waals surface area contributed by atoms with Crippen molar-refractivity contribution in [2.45, 2.75) is 32.1 Å². The predicted octanol–water partition coefficient (Wildman–Crippen LogP) is 1.34. The van der Waals surface area contributed by atoms with E-state index in [-0.39, 0.29) is 0 Å². The largest absolute Gasteiger partial charge is 0.344 e. The SMILES string of the molecule is CN(CCN1CCCCC1)C(=O)C1CC1. The average Bonchev–Trinajstić information content (AvgIpc) is 3.10. The van der Waals surface area contributed by atoms with Crippen LogP contribution in [-0.4, -0.2) is 48.9 Å². The smallest absolute Gasteiger partial charge is 0.225 e. The number of amides is 1. The number of hydrogen-bond donors (Lipinski definition) is 0. The van der Waals surface area contributed by atoms with Crippen molar-refractivity contribution in [3.63, 3.8) is 0 Å². The summed E-state index contributed by atoms with van der Waals surface area (Å²) in [4.78, 5) is 16.1. The molecule has 0 aromatic heterocycles. The Balaban J connectivity index is 1.65. The van der Waals surface area contributed by atoms with Crippen molar-refractivity contribution in [1.29, 1.82) is 0 Å². The van der Waals surface area contributed by atoms with E-state index in [1.165, 1.54) is 32.4 Å². The molecule has 1 amide bonds. The highest BCUT2D eigenvalue weighted by molar-refractivity contribution is 5.80. The number of carbonyl (C=O) groups is 1. The Morgan fingerprint density at radius 2 is 1.93 bits per heavy atom. The molecule has 0 unspecified atom stereocenters. The predicted molar refractivity (Wildman–Crippen MR) is 60.7 cm³/mol. The third-order valence-electron chi connectivity index (χ3n) is 3.50. The fourth-order valence-corrected chi connectivity index (χ4v) is 2.23. The van der Waals surface area contributed by atoms with E-state index in [9.17, 15) is 4.79 Å². The Hall–Kier alpha value is -0.570. The molecule has 0 atom stereocenters. The normalized spacial score (nSPS) is 22.7. The third kappa shape index (κ3) is 3.20. The molecule has 0 spiro atoms. The minimum Gasteiger partial charge on any atom is -0.344 e. The Labute approximate surface area is 92.4 Å². The first-order valence-corrected chi connectivity index (χ1v) is 6.25. The molecule has 1 saturated heterocycles. The van der Waals surface area contributed by atoms with Gasteiger partial charge in [0.15, 0.2) is 0 Å². The molecule has 1 heterocycles. The van der Waals surface area contributed by atoms with Gasteiger partial charge in [-0.15, -0.1) is 0 Å². The van der Waals surface area contributed by atoms with Gasteiger partial charge >= 0.3 is 0 Å². The molecular formula is C12H22N2O. The zero-order valence-corrected chi connectivity index (χ0v) is 9.74. The molecule has 3 heteroatoms. The van der Waals surface area contributed by atoms with Crippen molar-refractivity contribution in [2.75, 3.05) is 33.2 Å². The zero-order valence-electron chi connectivity index (χ0n) is 9.74. The summed E-state index contributed by atoms with van der Waals surface area (Å²) in [5, 5.41) is 0. The summed E-state index contributed by atoms with van der Waals surface area (Å²) in [6.07, 6.45) is 6.29. The monoisotopic (exact) mass is 210 g/mol. The first-order valence-electron chi connectivity index (χ1n) is 6.25. The molecule has 0 bridgehead atoms. The van der Waals surface area contributed by atoms with E-state index in [2.05, 4.69) is 4.90 Å². The van der Waals surface area contributed by atoms with E-state index in [1.807, 2.05) is 11.9 Å². The molecule has 0 N–H and O–H groups in total. The quantitative estimate of drug-likeness (QED) is 0.699. The molecule has 2 fully saturated rings.